The van der Waals surface area contributed by atoms with Crippen molar-refractivity contribution in [2.75, 3.05) is 26.7 Å². The fourth-order valence-corrected chi connectivity index (χ4v) is 2.58. The van der Waals surface area contributed by atoms with Crippen LogP contribution < -0.4 is 10.6 Å². The van der Waals surface area contributed by atoms with Gasteiger partial charge in [0.05, 0.1) is 12.0 Å². The van der Waals surface area contributed by atoms with Gasteiger partial charge in [0.1, 0.15) is 0 Å². The summed E-state index contributed by atoms with van der Waals surface area (Å²) in [4.78, 5) is 18.9. The molecule has 7 heteroatoms. The van der Waals surface area contributed by atoms with Gasteiger partial charge in [0.15, 0.2) is 5.96 Å². The predicted molar refractivity (Wildman–Crippen MR) is 119 cm³/mol. The Kier molecular flexibility index (Phi) is 11.3. The summed E-state index contributed by atoms with van der Waals surface area (Å²) < 4.78 is 1.08. The molecular weight excluding hydrogens is 495 g/mol. The van der Waals surface area contributed by atoms with Crippen molar-refractivity contribution in [3.63, 3.8) is 0 Å². The van der Waals surface area contributed by atoms with E-state index in [1.807, 2.05) is 52.9 Å². The maximum atomic E-state index is 12.1. The van der Waals surface area contributed by atoms with E-state index >= 15 is 0 Å². The Morgan fingerprint density at radius 3 is 2.36 bits per heavy atom. The van der Waals surface area contributed by atoms with Gasteiger partial charge in [0, 0.05) is 31.2 Å². The van der Waals surface area contributed by atoms with E-state index in [-0.39, 0.29) is 29.9 Å². The molecule has 5 nitrogen and oxygen atoms in total. The molecule has 0 atom stereocenters. The third-order valence-electron chi connectivity index (χ3n) is 3.64. The van der Waals surface area contributed by atoms with Crippen LogP contribution in [0.4, 0.5) is 0 Å². The van der Waals surface area contributed by atoms with Crippen molar-refractivity contribution in [2.24, 2.45) is 10.4 Å². The molecule has 0 saturated heterocycles. The zero-order valence-electron chi connectivity index (χ0n) is 15.7. The van der Waals surface area contributed by atoms with Crippen LogP contribution in [-0.4, -0.2) is 43.4 Å². The van der Waals surface area contributed by atoms with E-state index in [1.54, 1.807) is 0 Å². The van der Waals surface area contributed by atoms with Gasteiger partial charge in [-0.05, 0) is 39.3 Å². The minimum absolute atomic E-state index is 0. The average Bonchev–Trinajstić information content (AvgIpc) is 2.53. The molecule has 2 N–H and O–H groups in total. The molecule has 1 rings (SSSR count). The first-order valence-corrected chi connectivity index (χ1v) is 9.12. The number of rotatable bonds is 7. The fourth-order valence-electron chi connectivity index (χ4n) is 2.17. The lowest BCUT2D eigenvalue weighted by molar-refractivity contribution is -0.128. The lowest BCUT2D eigenvalue weighted by atomic mass is 9.92. The van der Waals surface area contributed by atoms with Crippen molar-refractivity contribution in [1.82, 2.24) is 15.5 Å². The number of hydrogen-bond acceptors (Lipinski definition) is 2. The Hall–Kier alpha value is -0.830. The van der Waals surface area contributed by atoms with E-state index in [4.69, 9.17) is 0 Å². The van der Waals surface area contributed by atoms with Gasteiger partial charge in [0.2, 0.25) is 5.91 Å². The van der Waals surface area contributed by atoms with Crippen molar-refractivity contribution < 1.29 is 4.79 Å². The predicted octanol–water partition coefficient (Wildman–Crippen LogP) is 3.63. The van der Waals surface area contributed by atoms with Gasteiger partial charge in [0.25, 0.3) is 0 Å². The number of amides is 1. The summed E-state index contributed by atoms with van der Waals surface area (Å²) in [6.07, 6.45) is 0. The number of benzene rings is 1. The van der Waals surface area contributed by atoms with E-state index in [0.717, 1.165) is 23.5 Å². The van der Waals surface area contributed by atoms with Crippen molar-refractivity contribution in [3.05, 3.63) is 34.3 Å². The molecule has 1 amide bonds. The minimum atomic E-state index is -0.537. The molecule has 1 aromatic carbocycles. The number of hydrogen-bond donors (Lipinski definition) is 2. The number of nitrogens with zero attached hydrogens (tertiary/aromatic N) is 2. The zero-order valence-corrected chi connectivity index (χ0v) is 19.6. The Balaban J connectivity index is 0.00000576. The first-order chi connectivity index (χ1) is 11.3. The van der Waals surface area contributed by atoms with E-state index in [0.29, 0.717) is 13.1 Å². The van der Waals surface area contributed by atoms with Crippen LogP contribution in [0.25, 0.3) is 0 Å². The molecule has 0 aliphatic rings. The van der Waals surface area contributed by atoms with Gasteiger partial charge < -0.3 is 15.5 Å². The molecule has 0 aliphatic carbocycles. The number of nitrogens with one attached hydrogen (secondary N) is 2. The summed E-state index contributed by atoms with van der Waals surface area (Å²) in [5, 5.41) is 6.16. The highest BCUT2D eigenvalue weighted by molar-refractivity contribution is 14.0. The summed E-state index contributed by atoms with van der Waals surface area (Å²) in [6, 6.07) is 8.14. The van der Waals surface area contributed by atoms with Gasteiger partial charge in [-0.25, -0.2) is 0 Å². The second kappa shape index (κ2) is 11.7. The zero-order chi connectivity index (χ0) is 18.2. The van der Waals surface area contributed by atoms with Crippen LogP contribution in [0.5, 0.6) is 0 Å². The van der Waals surface area contributed by atoms with Crippen molar-refractivity contribution in [2.45, 2.75) is 34.2 Å². The van der Waals surface area contributed by atoms with Crippen LogP contribution >= 0.6 is 39.9 Å². The molecule has 0 heterocycles. The third-order valence-corrected chi connectivity index (χ3v) is 4.41. The van der Waals surface area contributed by atoms with E-state index in [9.17, 15) is 4.79 Å². The third kappa shape index (κ3) is 7.94. The number of halogens is 2. The van der Waals surface area contributed by atoms with Crippen molar-refractivity contribution >= 4 is 51.8 Å². The van der Waals surface area contributed by atoms with Gasteiger partial charge >= 0.3 is 0 Å². The van der Waals surface area contributed by atoms with Crippen LogP contribution in [0, 0.1) is 5.41 Å². The van der Waals surface area contributed by atoms with Crippen LogP contribution in [-0.2, 0) is 11.3 Å². The van der Waals surface area contributed by atoms with Crippen LogP contribution in [0.2, 0.25) is 0 Å². The Labute approximate surface area is 177 Å². The van der Waals surface area contributed by atoms with Crippen molar-refractivity contribution in [1.29, 1.82) is 0 Å². The first-order valence-electron chi connectivity index (χ1n) is 8.33. The van der Waals surface area contributed by atoms with Gasteiger partial charge in [-0.15, -0.1) is 24.0 Å². The smallest absolute Gasteiger partial charge is 0.227 e. The Bertz CT molecular complexity index is 578. The average molecular weight is 525 g/mol. The molecule has 1 aromatic rings. The quantitative estimate of drug-likeness (QED) is 0.325. The number of carbonyl (C=O) groups excluding carboxylic acids is 1. The van der Waals surface area contributed by atoms with E-state index < -0.39 is 5.41 Å². The topological polar surface area (TPSA) is 56.7 Å². The molecule has 0 radical (unpaired) electrons. The lowest BCUT2D eigenvalue weighted by Crippen LogP contribution is -2.42. The second-order valence-electron chi connectivity index (χ2n) is 6.36. The molecular formula is C18H30BrIN4O. The van der Waals surface area contributed by atoms with Crippen LogP contribution in [0.15, 0.2) is 33.7 Å². The summed E-state index contributed by atoms with van der Waals surface area (Å²) in [7, 11) is 2.00. The largest absolute Gasteiger partial charge is 0.357 e. The number of carbonyl (C=O) groups is 1. The summed E-state index contributed by atoms with van der Waals surface area (Å²) in [5.74, 6) is 0.823. The summed E-state index contributed by atoms with van der Waals surface area (Å²) >= 11 is 3.58. The SMILES string of the molecule is CCNC(=O)C(C)(C)CN=C(NCC)N(C)Cc1ccccc1Br.I. The summed E-state index contributed by atoms with van der Waals surface area (Å²) in [6.45, 7) is 10.4. The first kappa shape index (κ1) is 24.2. The fraction of sp³-hybridized carbons (Fsp3) is 0.556. The Morgan fingerprint density at radius 1 is 1.20 bits per heavy atom. The normalized spacial score (nSPS) is 11.5. The lowest BCUT2D eigenvalue weighted by Gasteiger charge is -2.25. The molecule has 0 spiro atoms. The van der Waals surface area contributed by atoms with Gasteiger partial charge in [-0.2, -0.15) is 0 Å². The molecule has 0 unspecified atom stereocenters. The number of aliphatic imine (C=N–C) groups is 1. The highest BCUT2D eigenvalue weighted by atomic mass is 127. The molecule has 0 bridgehead atoms. The van der Waals surface area contributed by atoms with E-state index in [1.165, 1.54) is 5.56 Å². The summed E-state index contributed by atoms with van der Waals surface area (Å²) in [5.41, 5.74) is 0.652. The molecule has 0 aromatic heterocycles. The number of guanidine groups is 1. The van der Waals surface area contributed by atoms with Crippen LogP contribution in [0.3, 0.4) is 0 Å². The molecule has 0 saturated carbocycles. The molecule has 142 valence electrons. The van der Waals surface area contributed by atoms with Crippen LogP contribution in [0.1, 0.15) is 33.3 Å². The van der Waals surface area contributed by atoms with Crippen molar-refractivity contribution in [3.8, 4) is 0 Å². The highest BCUT2D eigenvalue weighted by Gasteiger charge is 2.27. The maximum absolute atomic E-state index is 12.1. The highest BCUT2D eigenvalue weighted by Crippen LogP contribution is 2.18. The minimum Gasteiger partial charge on any atom is -0.357 e. The monoisotopic (exact) mass is 524 g/mol. The molecule has 0 aliphatic heterocycles. The van der Waals surface area contributed by atoms with E-state index in [2.05, 4.69) is 42.5 Å². The maximum Gasteiger partial charge on any atom is 0.227 e. The second-order valence-corrected chi connectivity index (χ2v) is 7.22. The molecule has 0 fully saturated rings. The van der Waals surface area contributed by atoms with Gasteiger partial charge in [-0.1, -0.05) is 34.1 Å². The molecule has 25 heavy (non-hydrogen) atoms. The van der Waals surface area contributed by atoms with Gasteiger partial charge in [-0.3, -0.25) is 9.79 Å². The standard InChI is InChI=1S/C18H29BrN4O.HI/c1-6-20-16(24)18(3,4)13-22-17(21-7-2)23(5)12-14-10-8-9-11-15(14)19;/h8-11H,6-7,12-13H2,1-5H3,(H,20,24)(H,21,22);1H. The Morgan fingerprint density at radius 2 is 1.80 bits per heavy atom.